The molecule has 0 aliphatic carbocycles. The van der Waals surface area contributed by atoms with E-state index >= 15 is 0 Å². The molecule has 2 rings (SSSR count). The van der Waals surface area contributed by atoms with Gasteiger partial charge in [0.05, 0.1) is 11.4 Å². The van der Waals surface area contributed by atoms with E-state index in [1.165, 1.54) is 17.7 Å². The predicted molar refractivity (Wildman–Crippen MR) is 87.7 cm³/mol. The highest BCUT2D eigenvalue weighted by atomic mass is 19.1. The van der Waals surface area contributed by atoms with Crippen LogP contribution in [0.2, 0.25) is 0 Å². The Labute approximate surface area is 125 Å². The van der Waals surface area contributed by atoms with Crippen molar-refractivity contribution in [1.82, 2.24) is 0 Å². The molecule has 4 heteroatoms. The van der Waals surface area contributed by atoms with E-state index in [-0.39, 0.29) is 5.82 Å². The topological polar surface area (TPSA) is 27.6 Å². The Balaban J connectivity index is 2.32. The van der Waals surface area contributed by atoms with Crippen molar-refractivity contribution in [3.05, 3.63) is 59.4 Å². The Bertz CT molecular complexity index is 648. The average Bonchev–Trinajstić information content (AvgIpc) is 2.47. The minimum Gasteiger partial charge on any atom is -0.388 e. The third kappa shape index (κ3) is 3.60. The lowest BCUT2D eigenvalue weighted by atomic mass is 10.1. The molecule has 0 amide bonds. The van der Waals surface area contributed by atoms with Gasteiger partial charge in [-0.15, -0.1) is 0 Å². The van der Waals surface area contributed by atoms with E-state index in [4.69, 9.17) is 0 Å². The summed E-state index contributed by atoms with van der Waals surface area (Å²) in [5.74, 6) is -0.246. The molecule has 0 unspecified atom stereocenters. The van der Waals surface area contributed by atoms with Gasteiger partial charge in [-0.25, -0.2) is 4.39 Å². The molecule has 0 fully saturated rings. The van der Waals surface area contributed by atoms with Crippen molar-refractivity contribution in [2.24, 2.45) is 5.10 Å². The van der Waals surface area contributed by atoms with Crippen molar-refractivity contribution < 1.29 is 4.39 Å². The van der Waals surface area contributed by atoms with Gasteiger partial charge >= 0.3 is 0 Å². The van der Waals surface area contributed by atoms with E-state index in [2.05, 4.69) is 29.5 Å². The first-order valence-electron chi connectivity index (χ1n) is 6.84. The van der Waals surface area contributed by atoms with E-state index < -0.39 is 0 Å². The summed E-state index contributed by atoms with van der Waals surface area (Å²) in [5.41, 5.74) is 5.02. The number of hydrazone groups is 1. The highest BCUT2D eigenvalue weighted by Gasteiger charge is 2.07. The summed E-state index contributed by atoms with van der Waals surface area (Å²) in [5, 5.41) is 9.51. The molecule has 0 radical (unpaired) electrons. The summed E-state index contributed by atoms with van der Waals surface area (Å²) in [6, 6.07) is 12.5. The van der Waals surface area contributed by atoms with E-state index in [1.54, 1.807) is 17.1 Å². The zero-order valence-electron chi connectivity index (χ0n) is 12.8. The maximum atomic E-state index is 13.0. The van der Waals surface area contributed by atoms with Gasteiger partial charge in [-0.2, -0.15) is 5.10 Å². The first-order valence-corrected chi connectivity index (χ1v) is 6.84. The normalized spacial score (nSPS) is 11.4. The Morgan fingerprint density at radius 1 is 1.14 bits per heavy atom. The molecule has 3 nitrogen and oxygen atoms in total. The van der Waals surface area contributed by atoms with Gasteiger partial charge in [0.2, 0.25) is 0 Å². The maximum Gasteiger partial charge on any atom is 0.123 e. The van der Waals surface area contributed by atoms with Gasteiger partial charge in [0.25, 0.3) is 0 Å². The highest BCUT2D eigenvalue weighted by Crippen LogP contribution is 2.19. The lowest BCUT2D eigenvalue weighted by molar-refractivity contribution is 0.627. The van der Waals surface area contributed by atoms with Crippen LogP contribution in [0.5, 0.6) is 0 Å². The molecule has 0 atom stereocenters. The highest BCUT2D eigenvalue weighted by molar-refractivity contribution is 6.04. The number of hydrogen-bond donors (Lipinski definition) is 1. The van der Waals surface area contributed by atoms with Crippen LogP contribution in [0.4, 0.5) is 15.8 Å². The van der Waals surface area contributed by atoms with Gasteiger partial charge in [-0.1, -0.05) is 11.6 Å². The Hall–Kier alpha value is -2.36. The van der Waals surface area contributed by atoms with Gasteiger partial charge in [-0.05, 0) is 50.2 Å². The molecule has 0 heterocycles. The van der Waals surface area contributed by atoms with Crippen LogP contribution >= 0.6 is 0 Å². The van der Waals surface area contributed by atoms with Gasteiger partial charge in [0, 0.05) is 25.3 Å². The van der Waals surface area contributed by atoms with Crippen LogP contribution in [-0.4, -0.2) is 19.8 Å². The van der Waals surface area contributed by atoms with Crippen LogP contribution in [0.1, 0.15) is 18.1 Å². The summed E-state index contributed by atoms with van der Waals surface area (Å²) in [6.45, 7) is 4.02. The average molecular weight is 285 g/mol. The van der Waals surface area contributed by atoms with Crippen molar-refractivity contribution in [2.75, 3.05) is 24.4 Å². The number of nitrogens with zero attached hydrogens (tertiary/aromatic N) is 2. The molecule has 0 saturated carbocycles. The van der Waals surface area contributed by atoms with Crippen LogP contribution in [0.25, 0.3) is 0 Å². The number of halogens is 1. The second kappa shape index (κ2) is 6.39. The second-order valence-corrected chi connectivity index (χ2v) is 4.98. The van der Waals surface area contributed by atoms with Crippen LogP contribution in [0.3, 0.4) is 0 Å². The van der Waals surface area contributed by atoms with Crippen molar-refractivity contribution in [3.63, 3.8) is 0 Å². The molecule has 21 heavy (non-hydrogen) atoms. The number of rotatable bonds is 4. The van der Waals surface area contributed by atoms with Gasteiger partial charge < -0.3 is 5.32 Å². The number of benzene rings is 2. The standard InChI is InChI=1S/C17H20FN3/c1-12-5-10-17(19-3)16(11-12)13(2)20-21(4)15-8-6-14(18)7-9-15/h5-11,19H,1-4H3/b20-13+. The molecular weight excluding hydrogens is 265 g/mol. The fourth-order valence-corrected chi connectivity index (χ4v) is 2.17. The van der Waals surface area contributed by atoms with Crippen LogP contribution in [0, 0.1) is 12.7 Å². The third-order valence-corrected chi connectivity index (χ3v) is 3.33. The van der Waals surface area contributed by atoms with Crippen molar-refractivity contribution >= 4 is 17.1 Å². The molecule has 0 aliphatic heterocycles. The smallest absolute Gasteiger partial charge is 0.123 e. The zero-order chi connectivity index (χ0) is 15.4. The van der Waals surface area contributed by atoms with Crippen molar-refractivity contribution in [3.8, 4) is 0 Å². The quantitative estimate of drug-likeness (QED) is 0.678. The number of anilines is 2. The van der Waals surface area contributed by atoms with Gasteiger partial charge in [0.15, 0.2) is 0 Å². The SMILES string of the molecule is CNc1ccc(C)cc1/C(C)=N/N(C)c1ccc(F)cc1. The van der Waals surface area contributed by atoms with E-state index in [0.717, 1.165) is 22.6 Å². The third-order valence-electron chi connectivity index (χ3n) is 3.33. The molecule has 0 bridgehead atoms. The number of hydrogen-bond acceptors (Lipinski definition) is 3. The van der Waals surface area contributed by atoms with Crippen LogP contribution < -0.4 is 10.3 Å². The number of nitrogens with one attached hydrogen (secondary N) is 1. The van der Waals surface area contributed by atoms with E-state index in [1.807, 2.05) is 27.1 Å². The Morgan fingerprint density at radius 3 is 2.43 bits per heavy atom. The summed E-state index contributed by atoms with van der Waals surface area (Å²) < 4.78 is 13.0. The fraction of sp³-hybridized carbons (Fsp3) is 0.235. The molecule has 2 aromatic rings. The Morgan fingerprint density at radius 2 is 1.81 bits per heavy atom. The molecule has 0 aromatic heterocycles. The first kappa shape index (κ1) is 15.0. The summed E-state index contributed by atoms with van der Waals surface area (Å²) in [6.07, 6.45) is 0. The largest absolute Gasteiger partial charge is 0.388 e. The maximum absolute atomic E-state index is 13.0. The zero-order valence-corrected chi connectivity index (χ0v) is 12.8. The molecule has 0 spiro atoms. The van der Waals surface area contributed by atoms with E-state index in [9.17, 15) is 4.39 Å². The van der Waals surface area contributed by atoms with E-state index in [0.29, 0.717) is 0 Å². The van der Waals surface area contributed by atoms with Crippen molar-refractivity contribution in [1.29, 1.82) is 0 Å². The monoisotopic (exact) mass is 285 g/mol. The summed E-state index contributed by atoms with van der Waals surface area (Å²) >= 11 is 0. The minimum atomic E-state index is -0.246. The lowest BCUT2D eigenvalue weighted by Gasteiger charge is -2.16. The molecular formula is C17H20FN3. The van der Waals surface area contributed by atoms with Gasteiger partial charge in [-0.3, -0.25) is 5.01 Å². The molecule has 1 N–H and O–H groups in total. The van der Waals surface area contributed by atoms with Crippen LogP contribution in [-0.2, 0) is 0 Å². The van der Waals surface area contributed by atoms with Crippen LogP contribution in [0.15, 0.2) is 47.6 Å². The molecule has 0 aliphatic rings. The van der Waals surface area contributed by atoms with Gasteiger partial charge in [0.1, 0.15) is 5.82 Å². The first-order chi connectivity index (χ1) is 10.0. The Kier molecular flexibility index (Phi) is 4.58. The lowest BCUT2D eigenvalue weighted by Crippen LogP contribution is -2.13. The minimum absolute atomic E-state index is 0.246. The second-order valence-electron chi connectivity index (χ2n) is 4.98. The fourth-order valence-electron chi connectivity index (χ4n) is 2.17. The molecule has 2 aromatic carbocycles. The van der Waals surface area contributed by atoms with Crippen molar-refractivity contribution in [2.45, 2.75) is 13.8 Å². The summed E-state index contributed by atoms with van der Waals surface area (Å²) in [4.78, 5) is 0. The summed E-state index contributed by atoms with van der Waals surface area (Å²) in [7, 11) is 3.75. The molecule has 110 valence electrons. The number of aryl methyl sites for hydroxylation is 1. The molecule has 0 saturated heterocycles. The predicted octanol–water partition coefficient (Wildman–Crippen LogP) is 4.04.